The first-order valence-corrected chi connectivity index (χ1v) is 9.62. The largest absolute Gasteiger partial charge is 0.416 e. The summed E-state index contributed by atoms with van der Waals surface area (Å²) < 4.78 is 38.0. The summed E-state index contributed by atoms with van der Waals surface area (Å²) in [5.74, 6) is 0. The first kappa shape index (κ1) is 20.5. The van der Waals surface area contributed by atoms with Crippen molar-refractivity contribution in [2.24, 2.45) is 5.10 Å². The van der Waals surface area contributed by atoms with Crippen molar-refractivity contribution in [3.05, 3.63) is 95.6 Å². The third-order valence-corrected chi connectivity index (χ3v) is 4.93. The van der Waals surface area contributed by atoms with Crippen LogP contribution in [0.1, 0.15) is 29.2 Å². The van der Waals surface area contributed by atoms with Gasteiger partial charge in [0.25, 0.3) is 0 Å². The summed E-state index contributed by atoms with van der Waals surface area (Å²) in [5.41, 5.74) is 5.48. The number of anilines is 2. The number of nitrogens with one attached hydrogen (secondary N) is 3. The topological polar surface area (TPSA) is 65.5 Å². The number of hydrazone groups is 1. The molecule has 0 saturated heterocycles. The Bertz CT molecular complexity index is 1100. The number of rotatable bonds is 3. The molecule has 0 aliphatic carbocycles. The number of alkyl halides is 3. The number of halogens is 3. The van der Waals surface area contributed by atoms with E-state index in [2.05, 4.69) is 21.2 Å². The van der Waals surface area contributed by atoms with Crippen molar-refractivity contribution in [3.63, 3.8) is 0 Å². The van der Waals surface area contributed by atoms with Crippen LogP contribution < -0.4 is 16.1 Å². The lowest BCUT2D eigenvalue weighted by Gasteiger charge is -2.28. The van der Waals surface area contributed by atoms with Gasteiger partial charge in [-0.2, -0.15) is 18.3 Å². The van der Waals surface area contributed by atoms with Crippen LogP contribution in [-0.4, -0.2) is 11.7 Å². The van der Waals surface area contributed by atoms with Gasteiger partial charge in [0.1, 0.15) is 0 Å². The van der Waals surface area contributed by atoms with Crippen molar-refractivity contribution < 1.29 is 18.0 Å². The fraction of sp³-hybridized carbons (Fsp3) is 0.130. The van der Waals surface area contributed by atoms with Gasteiger partial charge in [0.05, 0.1) is 17.3 Å². The van der Waals surface area contributed by atoms with Crippen LogP contribution in [0.3, 0.4) is 0 Å². The normalized spacial score (nSPS) is 16.9. The van der Waals surface area contributed by atoms with E-state index in [1.807, 2.05) is 54.6 Å². The average Bonchev–Trinajstić information content (AvgIpc) is 2.77. The number of benzene rings is 3. The van der Waals surface area contributed by atoms with Crippen LogP contribution in [-0.2, 0) is 6.18 Å². The summed E-state index contributed by atoms with van der Waals surface area (Å²) in [7, 11) is 0. The Morgan fingerprint density at radius 1 is 0.935 bits per heavy atom. The Labute approximate surface area is 177 Å². The highest BCUT2D eigenvalue weighted by atomic mass is 19.4. The molecule has 1 aliphatic heterocycles. The molecule has 1 heterocycles. The van der Waals surface area contributed by atoms with Crippen LogP contribution in [0.5, 0.6) is 0 Å². The molecule has 158 valence electrons. The predicted molar refractivity (Wildman–Crippen MR) is 114 cm³/mol. The second-order valence-corrected chi connectivity index (χ2v) is 7.06. The zero-order valence-corrected chi connectivity index (χ0v) is 16.3. The number of hydrogen-bond acceptors (Lipinski definition) is 3. The van der Waals surface area contributed by atoms with E-state index >= 15 is 0 Å². The van der Waals surface area contributed by atoms with Gasteiger partial charge in [-0.25, -0.2) is 10.2 Å². The molecule has 0 fully saturated rings. The van der Waals surface area contributed by atoms with E-state index in [9.17, 15) is 18.0 Å². The van der Waals surface area contributed by atoms with E-state index in [-0.39, 0.29) is 11.7 Å². The molecule has 2 amide bonds. The maximum absolute atomic E-state index is 12.7. The third-order valence-electron chi connectivity index (χ3n) is 4.93. The third kappa shape index (κ3) is 4.85. The van der Waals surface area contributed by atoms with Gasteiger partial charge in [-0.1, -0.05) is 48.5 Å². The predicted octanol–water partition coefficient (Wildman–Crippen LogP) is 5.79. The average molecular weight is 424 g/mol. The first-order valence-electron chi connectivity index (χ1n) is 9.62. The zero-order chi connectivity index (χ0) is 21.8. The maximum atomic E-state index is 12.7. The Kier molecular flexibility index (Phi) is 5.62. The first-order chi connectivity index (χ1) is 14.9. The van der Waals surface area contributed by atoms with Crippen LogP contribution in [0.25, 0.3) is 0 Å². The molecule has 3 aromatic carbocycles. The number of fused-ring (bicyclic) bond motifs is 1. The van der Waals surface area contributed by atoms with Gasteiger partial charge >= 0.3 is 12.2 Å². The number of amides is 2. The van der Waals surface area contributed by atoms with Crippen molar-refractivity contribution in [3.8, 4) is 0 Å². The lowest BCUT2D eigenvalue weighted by atomic mass is 9.92. The van der Waals surface area contributed by atoms with Crippen molar-refractivity contribution in [2.45, 2.75) is 18.6 Å². The van der Waals surface area contributed by atoms with Crippen LogP contribution in [0.15, 0.2) is 84.0 Å². The van der Waals surface area contributed by atoms with Gasteiger partial charge in [-0.15, -0.1) is 0 Å². The van der Waals surface area contributed by atoms with E-state index in [4.69, 9.17) is 0 Å². The monoisotopic (exact) mass is 424 g/mol. The standard InChI is InChI=1S/C23H19F3N4O/c24-23(25,26)16-10-12-17(13-11-16)27-22(31)30-29-21-14-20(15-6-2-1-3-7-15)28-19-9-5-4-8-18(19)21/h1-13,20,28H,14H2,(H2,27,30,31). The molecule has 31 heavy (non-hydrogen) atoms. The summed E-state index contributed by atoms with van der Waals surface area (Å²) in [4.78, 5) is 12.2. The highest BCUT2D eigenvalue weighted by molar-refractivity contribution is 6.07. The number of nitrogens with zero attached hydrogens (tertiary/aromatic N) is 1. The molecule has 0 spiro atoms. The zero-order valence-electron chi connectivity index (χ0n) is 16.3. The molecule has 1 unspecified atom stereocenters. The highest BCUT2D eigenvalue weighted by Crippen LogP contribution is 2.33. The number of hydrogen-bond donors (Lipinski definition) is 3. The Morgan fingerprint density at radius 2 is 1.61 bits per heavy atom. The molecule has 3 N–H and O–H groups in total. The molecule has 3 aromatic rings. The Balaban J connectivity index is 1.48. The van der Waals surface area contributed by atoms with Crippen LogP contribution in [0, 0.1) is 0 Å². The van der Waals surface area contributed by atoms with Gasteiger partial charge in [-0.3, -0.25) is 0 Å². The minimum Gasteiger partial charge on any atom is -0.377 e. The molecule has 1 atom stereocenters. The smallest absolute Gasteiger partial charge is 0.377 e. The van der Waals surface area contributed by atoms with Gasteiger partial charge in [0.2, 0.25) is 0 Å². The molecule has 5 nitrogen and oxygen atoms in total. The SMILES string of the molecule is O=C(NN=C1CC(c2ccccc2)Nc2ccccc21)Nc1ccc(C(F)(F)F)cc1. The summed E-state index contributed by atoms with van der Waals surface area (Å²) in [5, 5.41) is 10.3. The van der Waals surface area contributed by atoms with Gasteiger partial charge < -0.3 is 10.6 Å². The van der Waals surface area contributed by atoms with Crippen LogP contribution >= 0.6 is 0 Å². The second kappa shape index (κ2) is 8.51. The van der Waals surface area contributed by atoms with Crippen molar-refractivity contribution in [1.29, 1.82) is 0 Å². The quantitative estimate of drug-likeness (QED) is 0.466. The van der Waals surface area contributed by atoms with Crippen LogP contribution in [0.4, 0.5) is 29.3 Å². The molecular weight excluding hydrogens is 405 g/mol. The van der Waals surface area contributed by atoms with Crippen molar-refractivity contribution >= 4 is 23.1 Å². The lowest BCUT2D eigenvalue weighted by Crippen LogP contribution is -2.29. The van der Waals surface area contributed by atoms with E-state index < -0.39 is 17.8 Å². The summed E-state index contributed by atoms with van der Waals surface area (Å²) in [6.45, 7) is 0. The summed E-state index contributed by atoms with van der Waals surface area (Å²) >= 11 is 0. The van der Waals surface area contributed by atoms with Crippen molar-refractivity contribution in [1.82, 2.24) is 5.43 Å². The Morgan fingerprint density at radius 3 is 2.32 bits per heavy atom. The molecule has 8 heteroatoms. The molecule has 0 aromatic heterocycles. The minimum absolute atomic E-state index is 0.00498. The van der Waals surface area contributed by atoms with Gasteiger partial charge in [-0.05, 0) is 35.9 Å². The van der Waals surface area contributed by atoms with E-state index in [0.717, 1.165) is 28.9 Å². The maximum Gasteiger partial charge on any atom is 0.416 e. The molecule has 1 aliphatic rings. The number of para-hydroxylation sites is 1. The number of carbonyl (C=O) groups is 1. The molecule has 0 bridgehead atoms. The number of carbonyl (C=O) groups excluding carboxylic acids is 1. The van der Waals surface area contributed by atoms with Crippen LogP contribution in [0.2, 0.25) is 0 Å². The molecule has 0 radical (unpaired) electrons. The molecule has 4 rings (SSSR count). The van der Waals surface area contributed by atoms with Gasteiger partial charge in [0.15, 0.2) is 0 Å². The van der Waals surface area contributed by atoms with Gasteiger partial charge in [0, 0.05) is 23.4 Å². The van der Waals surface area contributed by atoms with E-state index in [1.54, 1.807) is 0 Å². The summed E-state index contributed by atoms with van der Waals surface area (Å²) in [6, 6.07) is 21.2. The number of urea groups is 1. The molecule has 0 saturated carbocycles. The van der Waals surface area contributed by atoms with E-state index in [0.29, 0.717) is 12.1 Å². The fourth-order valence-corrected chi connectivity index (χ4v) is 3.41. The minimum atomic E-state index is -4.43. The highest BCUT2D eigenvalue weighted by Gasteiger charge is 2.30. The van der Waals surface area contributed by atoms with E-state index in [1.165, 1.54) is 12.1 Å². The Hall–Kier alpha value is -3.81. The fourth-order valence-electron chi connectivity index (χ4n) is 3.41. The molecular formula is C23H19F3N4O. The summed E-state index contributed by atoms with van der Waals surface area (Å²) in [6.07, 6.45) is -3.87. The lowest BCUT2D eigenvalue weighted by molar-refractivity contribution is -0.137. The second-order valence-electron chi connectivity index (χ2n) is 7.06. The van der Waals surface area contributed by atoms with Crippen molar-refractivity contribution in [2.75, 3.05) is 10.6 Å².